The minimum atomic E-state index is 0.607. The zero-order valence-electron chi connectivity index (χ0n) is 11.1. The van der Waals surface area contributed by atoms with Crippen LogP contribution in [-0.2, 0) is 6.42 Å². The second-order valence-electron chi connectivity index (χ2n) is 4.33. The van der Waals surface area contributed by atoms with Gasteiger partial charge in [-0.1, -0.05) is 12.1 Å². The van der Waals surface area contributed by atoms with E-state index in [2.05, 4.69) is 0 Å². The number of hydrogen-bond donors (Lipinski definition) is 2. The predicted molar refractivity (Wildman–Crippen MR) is 77.6 cm³/mol. The maximum atomic E-state index is 5.81. The molecule has 4 nitrogen and oxygen atoms in total. The maximum absolute atomic E-state index is 5.81. The maximum Gasteiger partial charge on any atom is 0.160 e. The Morgan fingerprint density at radius 1 is 0.789 bits per heavy atom. The number of methoxy groups -OCH3 is 2. The lowest BCUT2D eigenvalue weighted by Gasteiger charge is -2.10. The molecule has 0 bridgehead atoms. The summed E-state index contributed by atoms with van der Waals surface area (Å²) in [6.07, 6.45) is 0.769. The molecule has 0 radical (unpaired) electrons. The lowest BCUT2D eigenvalue weighted by molar-refractivity contribution is 0.354. The van der Waals surface area contributed by atoms with Gasteiger partial charge in [0.25, 0.3) is 0 Å². The first kappa shape index (κ1) is 13.1. The van der Waals surface area contributed by atoms with Gasteiger partial charge < -0.3 is 20.9 Å². The van der Waals surface area contributed by atoms with Gasteiger partial charge in [-0.15, -0.1) is 0 Å². The Hall–Kier alpha value is -2.36. The Labute approximate surface area is 112 Å². The van der Waals surface area contributed by atoms with Gasteiger partial charge in [-0.25, -0.2) is 0 Å². The van der Waals surface area contributed by atoms with Crippen LogP contribution in [0.15, 0.2) is 36.4 Å². The van der Waals surface area contributed by atoms with Crippen LogP contribution in [0, 0.1) is 0 Å². The van der Waals surface area contributed by atoms with Gasteiger partial charge in [0.2, 0.25) is 0 Å². The quantitative estimate of drug-likeness (QED) is 0.826. The highest BCUT2D eigenvalue weighted by Gasteiger charge is 2.06. The zero-order chi connectivity index (χ0) is 13.8. The third-order valence-electron chi connectivity index (χ3n) is 3.01. The van der Waals surface area contributed by atoms with E-state index in [4.69, 9.17) is 20.9 Å². The van der Waals surface area contributed by atoms with Gasteiger partial charge in [-0.2, -0.15) is 0 Å². The lowest BCUT2D eigenvalue weighted by atomic mass is 10.0. The van der Waals surface area contributed by atoms with Crippen molar-refractivity contribution in [3.8, 4) is 11.5 Å². The highest BCUT2D eigenvalue weighted by Crippen LogP contribution is 2.29. The minimum Gasteiger partial charge on any atom is -0.493 e. The molecule has 0 unspecified atom stereocenters. The number of nitrogen functional groups attached to an aromatic ring is 2. The Balaban J connectivity index is 2.25. The Morgan fingerprint density at radius 2 is 1.42 bits per heavy atom. The van der Waals surface area contributed by atoms with E-state index in [0.29, 0.717) is 11.4 Å². The fraction of sp³-hybridized carbons (Fsp3) is 0.200. The van der Waals surface area contributed by atoms with Gasteiger partial charge in [-0.3, -0.25) is 0 Å². The molecule has 4 heteroatoms. The molecule has 0 spiro atoms. The van der Waals surface area contributed by atoms with Crippen molar-refractivity contribution in [2.75, 3.05) is 25.7 Å². The first-order valence-electron chi connectivity index (χ1n) is 5.99. The van der Waals surface area contributed by atoms with Crippen LogP contribution in [0.1, 0.15) is 11.1 Å². The normalized spacial score (nSPS) is 10.2. The van der Waals surface area contributed by atoms with Crippen molar-refractivity contribution < 1.29 is 9.47 Å². The third kappa shape index (κ3) is 2.91. The number of benzene rings is 2. The molecule has 0 saturated heterocycles. The van der Waals surface area contributed by atoms with Gasteiger partial charge in [0, 0.05) is 0 Å². The molecule has 0 fully saturated rings. The van der Waals surface area contributed by atoms with Crippen molar-refractivity contribution in [1.29, 1.82) is 0 Å². The monoisotopic (exact) mass is 258 g/mol. The molecular weight excluding hydrogens is 240 g/mol. The summed E-state index contributed by atoms with van der Waals surface area (Å²) in [7, 11) is 3.25. The van der Waals surface area contributed by atoms with Crippen LogP contribution >= 0.6 is 0 Å². The minimum absolute atomic E-state index is 0.607. The molecule has 4 N–H and O–H groups in total. The van der Waals surface area contributed by atoms with Gasteiger partial charge in [0.1, 0.15) is 0 Å². The van der Waals surface area contributed by atoms with Crippen LogP contribution in [0.3, 0.4) is 0 Å². The average molecular weight is 258 g/mol. The summed E-state index contributed by atoms with van der Waals surface area (Å²) in [4.78, 5) is 0. The van der Waals surface area contributed by atoms with Crippen LogP contribution in [0.4, 0.5) is 11.4 Å². The fourth-order valence-corrected chi connectivity index (χ4v) is 1.96. The summed E-state index contributed by atoms with van der Waals surface area (Å²) in [6.45, 7) is 0. The van der Waals surface area contributed by atoms with Crippen molar-refractivity contribution in [2.45, 2.75) is 6.42 Å². The molecule has 2 aromatic carbocycles. The van der Waals surface area contributed by atoms with Crippen molar-refractivity contribution in [2.24, 2.45) is 0 Å². The first-order valence-corrected chi connectivity index (χ1v) is 5.99. The SMILES string of the molecule is COc1ccc(Cc2ccc(N)c(N)c2)cc1OC. The molecular formula is C15H18N2O2. The number of anilines is 2. The van der Waals surface area contributed by atoms with Crippen LogP contribution < -0.4 is 20.9 Å². The first-order chi connectivity index (χ1) is 9.13. The standard InChI is InChI=1S/C15H18N2O2/c1-18-14-6-4-11(9-15(14)19-2)7-10-3-5-12(16)13(17)8-10/h3-6,8-9H,7,16-17H2,1-2H3. The molecule has 0 amide bonds. The highest BCUT2D eigenvalue weighted by molar-refractivity contribution is 5.64. The Morgan fingerprint density at radius 3 is 2.05 bits per heavy atom. The van der Waals surface area contributed by atoms with Crippen LogP contribution in [0.5, 0.6) is 11.5 Å². The van der Waals surface area contributed by atoms with E-state index < -0.39 is 0 Å². The van der Waals surface area contributed by atoms with Crippen molar-refractivity contribution >= 4 is 11.4 Å². The molecule has 19 heavy (non-hydrogen) atoms. The van der Waals surface area contributed by atoms with E-state index in [1.807, 2.05) is 36.4 Å². The van der Waals surface area contributed by atoms with Crippen LogP contribution in [-0.4, -0.2) is 14.2 Å². The summed E-state index contributed by atoms with van der Waals surface area (Å²) in [5.41, 5.74) is 15.0. The topological polar surface area (TPSA) is 70.5 Å². The molecule has 0 saturated carbocycles. The van der Waals surface area contributed by atoms with Crippen LogP contribution in [0.2, 0.25) is 0 Å². The summed E-state index contributed by atoms with van der Waals surface area (Å²) in [5, 5.41) is 0. The molecule has 0 aliphatic heterocycles. The molecule has 0 atom stereocenters. The number of rotatable bonds is 4. The van der Waals surface area contributed by atoms with E-state index in [1.165, 1.54) is 0 Å². The second kappa shape index (κ2) is 5.52. The second-order valence-corrected chi connectivity index (χ2v) is 4.33. The molecule has 0 heterocycles. The summed E-state index contributed by atoms with van der Waals surface area (Å²) in [5.74, 6) is 1.45. The van der Waals surface area contributed by atoms with Gasteiger partial charge in [0.15, 0.2) is 11.5 Å². The molecule has 0 aliphatic rings. The molecule has 2 aromatic rings. The van der Waals surface area contributed by atoms with Crippen molar-refractivity contribution in [1.82, 2.24) is 0 Å². The van der Waals surface area contributed by atoms with E-state index >= 15 is 0 Å². The highest BCUT2D eigenvalue weighted by atomic mass is 16.5. The van der Waals surface area contributed by atoms with Gasteiger partial charge >= 0.3 is 0 Å². The zero-order valence-corrected chi connectivity index (χ0v) is 11.1. The number of nitrogens with two attached hydrogens (primary N) is 2. The number of ether oxygens (including phenoxy) is 2. The molecule has 2 rings (SSSR count). The Bertz CT molecular complexity index is 582. The summed E-state index contributed by atoms with van der Waals surface area (Å²) in [6, 6.07) is 11.6. The predicted octanol–water partition coefficient (Wildman–Crippen LogP) is 2.46. The van der Waals surface area contributed by atoms with E-state index in [0.717, 1.165) is 29.0 Å². The third-order valence-corrected chi connectivity index (χ3v) is 3.01. The summed E-state index contributed by atoms with van der Waals surface area (Å²) < 4.78 is 10.5. The van der Waals surface area contributed by atoms with Crippen molar-refractivity contribution in [3.05, 3.63) is 47.5 Å². The molecule has 0 aliphatic carbocycles. The van der Waals surface area contributed by atoms with Crippen molar-refractivity contribution in [3.63, 3.8) is 0 Å². The van der Waals surface area contributed by atoms with Gasteiger partial charge in [-0.05, 0) is 41.8 Å². The van der Waals surface area contributed by atoms with Gasteiger partial charge in [0.05, 0.1) is 25.6 Å². The number of hydrogen-bond acceptors (Lipinski definition) is 4. The summed E-state index contributed by atoms with van der Waals surface area (Å²) >= 11 is 0. The molecule has 100 valence electrons. The van der Waals surface area contributed by atoms with E-state index in [9.17, 15) is 0 Å². The van der Waals surface area contributed by atoms with E-state index in [-0.39, 0.29) is 0 Å². The smallest absolute Gasteiger partial charge is 0.160 e. The fourth-order valence-electron chi connectivity index (χ4n) is 1.96. The Kier molecular flexibility index (Phi) is 3.80. The lowest BCUT2D eigenvalue weighted by Crippen LogP contribution is -1.97. The van der Waals surface area contributed by atoms with E-state index in [1.54, 1.807) is 14.2 Å². The largest absolute Gasteiger partial charge is 0.493 e. The van der Waals surface area contributed by atoms with Crippen LogP contribution in [0.25, 0.3) is 0 Å². The average Bonchev–Trinajstić information content (AvgIpc) is 2.43. The molecule has 0 aromatic heterocycles.